The highest BCUT2D eigenvalue weighted by Crippen LogP contribution is 2.19. The highest BCUT2D eigenvalue weighted by Gasteiger charge is 2.29. The minimum Gasteiger partial charge on any atom is -0.353 e. The SMILES string of the molecule is CCCCCC1N=C(NC2CC2)NC1=O. The van der Waals surface area contributed by atoms with E-state index in [1.165, 1.54) is 25.7 Å². The molecule has 2 N–H and O–H groups in total. The maximum atomic E-state index is 11.5. The van der Waals surface area contributed by atoms with Crippen LogP contribution in [-0.4, -0.2) is 24.0 Å². The third-order valence-corrected chi connectivity index (χ3v) is 2.83. The molecule has 0 saturated heterocycles. The summed E-state index contributed by atoms with van der Waals surface area (Å²) in [7, 11) is 0. The molecule has 0 aromatic carbocycles. The largest absolute Gasteiger partial charge is 0.353 e. The van der Waals surface area contributed by atoms with Gasteiger partial charge in [0.1, 0.15) is 6.04 Å². The van der Waals surface area contributed by atoms with Crippen molar-refractivity contribution in [1.82, 2.24) is 10.6 Å². The molecule has 4 heteroatoms. The number of amides is 1. The van der Waals surface area contributed by atoms with E-state index in [1.807, 2.05) is 0 Å². The quantitative estimate of drug-likeness (QED) is 0.668. The highest BCUT2D eigenvalue weighted by atomic mass is 16.2. The van der Waals surface area contributed by atoms with Gasteiger partial charge in [-0.25, -0.2) is 4.99 Å². The van der Waals surface area contributed by atoms with Crippen LogP contribution in [-0.2, 0) is 4.79 Å². The van der Waals surface area contributed by atoms with Crippen molar-refractivity contribution in [2.75, 3.05) is 0 Å². The summed E-state index contributed by atoms with van der Waals surface area (Å²) in [5, 5.41) is 6.02. The summed E-state index contributed by atoms with van der Waals surface area (Å²) in [6, 6.07) is 0.413. The van der Waals surface area contributed by atoms with Crippen LogP contribution in [0.4, 0.5) is 0 Å². The number of carbonyl (C=O) groups excluding carboxylic acids is 1. The Morgan fingerprint density at radius 3 is 2.93 bits per heavy atom. The number of rotatable bonds is 5. The molecule has 1 heterocycles. The Kier molecular flexibility index (Phi) is 3.23. The maximum Gasteiger partial charge on any atom is 0.251 e. The lowest BCUT2D eigenvalue weighted by atomic mass is 10.1. The molecule has 0 bridgehead atoms. The van der Waals surface area contributed by atoms with Gasteiger partial charge in [-0.3, -0.25) is 10.1 Å². The van der Waals surface area contributed by atoms with E-state index in [9.17, 15) is 4.79 Å². The van der Waals surface area contributed by atoms with Crippen LogP contribution in [0.15, 0.2) is 4.99 Å². The lowest BCUT2D eigenvalue weighted by Crippen LogP contribution is -2.38. The Hall–Kier alpha value is -1.06. The second kappa shape index (κ2) is 4.64. The van der Waals surface area contributed by atoms with E-state index in [1.54, 1.807) is 0 Å². The Morgan fingerprint density at radius 1 is 1.47 bits per heavy atom. The fourth-order valence-electron chi connectivity index (χ4n) is 1.72. The summed E-state index contributed by atoms with van der Waals surface area (Å²) < 4.78 is 0. The lowest BCUT2D eigenvalue weighted by molar-refractivity contribution is -0.120. The normalized spacial score (nSPS) is 25.0. The molecule has 1 fully saturated rings. The van der Waals surface area contributed by atoms with Crippen molar-refractivity contribution in [3.63, 3.8) is 0 Å². The van der Waals surface area contributed by atoms with Gasteiger partial charge in [0.05, 0.1) is 0 Å². The van der Waals surface area contributed by atoms with Gasteiger partial charge < -0.3 is 5.32 Å². The molecule has 1 unspecified atom stereocenters. The molecular formula is C11H19N3O. The van der Waals surface area contributed by atoms with Gasteiger partial charge in [-0.2, -0.15) is 0 Å². The van der Waals surface area contributed by atoms with Gasteiger partial charge in [0.25, 0.3) is 5.91 Å². The van der Waals surface area contributed by atoms with Crippen molar-refractivity contribution >= 4 is 11.9 Å². The predicted octanol–water partition coefficient (Wildman–Crippen LogP) is 1.17. The van der Waals surface area contributed by atoms with Crippen molar-refractivity contribution in [3.8, 4) is 0 Å². The van der Waals surface area contributed by atoms with Gasteiger partial charge in [-0.1, -0.05) is 26.2 Å². The molecular weight excluding hydrogens is 190 g/mol. The van der Waals surface area contributed by atoms with E-state index in [2.05, 4.69) is 22.5 Å². The van der Waals surface area contributed by atoms with Crippen molar-refractivity contribution in [2.24, 2.45) is 4.99 Å². The molecule has 0 radical (unpaired) electrons. The molecule has 1 saturated carbocycles. The summed E-state index contributed by atoms with van der Waals surface area (Å²) >= 11 is 0. The molecule has 84 valence electrons. The van der Waals surface area contributed by atoms with E-state index in [0.29, 0.717) is 12.0 Å². The number of carbonyl (C=O) groups is 1. The molecule has 1 aliphatic heterocycles. The number of nitrogens with one attached hydrogen (secondary N) is 2. The molecule has 0 aromatic heterocycles. The van der Waals surface area contributed by atoms with E-state index < -0.39 is 0 Å². The number of nitrogens with zero attached hydrogens (tertiary/aromatic N) is 1. The van der Waals surface area contributed by atoms with E-state index in [-0.39, 0.29) is 11.9 Å². The third kappa shape index (κ3) is 2.94. The monoisotopic (exact) mass is 209 g/mol. The lowest BCUT2D eigenvalue weighted by Gasteiger charge is -2.02. The van der Waals surface area contributed by atoms with E-state index >= 15 is 0 Å². The van der Waals surface area contributed by atoms with Crippen LogP contribution in [0.3, 0.4) is 0 Å². The summed E-state index contributed by atoms with van der Waals surface area (Å²) in [4.78, 5) is 15.9. The van der Waals surface area contributed by atoms with Gasteiger partial charge in [0.15, 0.2) is 5.96 Å². The standard InChI is InChI=1S/C11H19N3O/c1-2-3-4-5-9-10(15)14-11(13-9)12-8-6-7-8/h8-9H,2-7H2,1H3,(H2,12,13,14,15). The van der Waals surface area contributed by atoms with Gasteiger partial charge in [-0.15, -0.1) is 0 Å². The van der Waals surface area contributed by atoms with Crippen LogP contribution in [0.25, 0.3) is 0 Å². The zero-order valence-electron chi connectivity index (χ0n) is 9.25. The molecule has 15 heavy (non-hydrogen) atoms. The number of hydrogen-bond acceptors (Lipinski definition) is 3. The van der Waals surface area contributed by atoms with E-state index in [4.69, 9.17) is 0 Å². The van der Waals surface area contributed by atoms with Crippen LogP contribution in [0.2, 0.25) is 0 Å². The van der Waals surface area contributed by atoms with Gasteiger partial charge in [0, 0.05) is 6.04 Å². The number of guanidine groups is 1. The van der Waals surface area contributed by atoms with Crippen LogP contribution in [0.5, 0.6) is 0 Å². The molecule has 4 nitrogen and oxygen atoms in total. The first-order valence-corrected chi connectivity index (χ1v) is 5.95. The Balaban J connectivity index is 1.77. The second-order valence-electron chi connectivity index (χ2n) is 4.40. The average Bonchev–Trinajstić information content (AvgIpc) is 2.93. The number of unbranched alkanes of at least 4 members (excludes halogenated alkanes) is 2. The van der Waals surface area contributed by atoms with Crippen LogP contribution in [0.1, 0.15) is 45.4 Å². The summed E-state index contributed by atoms with van der Waals surface area (Å²) in [6.07, 6.45) is 6.75. The van der Waals surface area contributed by atoms with Crippen molar-refractivity contribution < 1.29 is 4.79 Å². The molecule has 2 aliphatic rings. The van der Waals surface area contributed by atoms with E-state index in [0.717, 1.165) is 12.8 Å². The summed E-state index contributed by atoms with van der Waals surface area (Å²) in [5.74, 6) is 0.762. The first kappa shape index (κ1) is 10.5. The molecule has 1 atom stereocenters. The third-order valence-electron chi connectivity index (χ3n) is 2.83. The zero-order valence-corrected chi connectivity index (χ0v) is 9.25. The van der Waals surface area contributed by atoms with Crippen molar-refractivity contribution in [1.29, 1.82) is 0 Å². The molecule has 2 rings (SSSR count). The minimum absolute atomic E-state index is 0.0641. The topological polar surface area (TPSA) is 53.5 Å². The minimum atomic E-state index is -0.141. The fraction of sp³-hybridized carbons (Fsp3) is 0.818. The number of aliphatic imine (C=N–C) groups is 1. The van der Waals surface area contributed by atoms with Crippen LogP contribution < -0.4 is 10.6 Å². The predicted molar refractivity (Wildman–Crippen MR) is 59.7 cm³/mol. The smallest absolute Gasteiger partial charge is 0.251 e. The summed E-state index contributed by atoms with van der Waals surface area (Å²) in [6.45, 7) is 2.16. The maximum absolute atomic E-state index is 11.5. The zero-order chi connectivity index (χ0) is 10.7. The molecule has 0 aromatic rings. The Bertz CT molecular complexity index is 271. The van der Waals surface area contributed by atoms with Gasteiger partial charge in [-0.05, 0) is 19.3 Å². The Morgan fingerprint density at radius 2 is 2.27 bits per heavy atom. The fourth-order valence-corrected chi connectivity index (χ4v) is 1.72. The second-order valence-corrected chi connectivity index (χ2v) is 4.40. The first-order valence-electron chi connectivity index (χ1n) is 5.95. The molecule has 0 spiro atoms. The number of hydrogen-bond donors (Lipinski definition) is 2. The Labute approximate surface area is 90.5 Å². The van der Waals surface area contributed by atoms with Crippen molar-refractivity contribution in [2.45, 2.75) is 57.5 Å². The molecule has 1 aliphatic carbocycles. The van der Waals surface area contributed by atoms with Crippen LogP contribution >= 0.6 is 0 Å². The molecule has 1 amide bonds. The van der Waals surface area contributed by atoms with Crippen LogP contribution in [0, 0.1) is 0 Å². The summed E-state index contributed by atoms with van der Waals surface area (Å²) in [5.41, 5.74) is 0. The van der Waals surface area contributed by atoms with Gasteiger partial charge in [0.2, 0.25) is 0 Å². The average molecular weight is 209 g/mol. The first-order chi connectivity index (χ1) is 7.29. The highest BCUT2D eigenvalue weighted by molar-refractivity contribution is 6.04. The van der Waals surface area contributed by atoms with Crippen molar-refractivity contribution in [3.05, 3.63) is 0 Å². The van der Waals surface area contributed by atoms with Gasteiger partial charge >= 0.3 is 0 Å².